The molecule has 2 rings (SSSR count). The van der Waals surface area contributed by atoms with Gasteiger partial charge in [-0.2, -0.15) is 0 Å². The standard InChI is InChI=1S/C17H20N2O6/c1-3-23-11-5-6-13(24-4-2)12(9-11)19-15(20)8-7-14-16(17(21)22)18-10-25-14/h5-6,9-10H,3-4,7-8H2,1-2H3,(H,19,20)(H,21,22). The van der Waals surface area contributed by atoms with E-state index < -0.39 is 5.97 Å². The third-order valence-corrected chi connectivity index (χ3v) is 3.26. The topological polar surface area (TPSA) is 111 Å². The number of hydrogen-bond donors (Lipinski definition) is 2. The Labute approximate surface area is 144 Å². The van der Waals surface area contributed by atoms with Gasteiger partial charge in [-0.05, 0) is 26.0 Å². The summed E-state index contributed by atoms with van der Waals surface area (Å²) in [6.07, 6.45) is 1.22. The van der Waals surface area contributed by atoms with E-state index in [9.17, 15) is 9.59 Å². The average Bonchev–Trinajstić information content (AvgIpc) is 3.04. The molecule has 0 saturated heterocycles. The minimum absolute atomic E-state index is 0.0416. The number of aromatic nitrogens is 1. The van der Waals surface area contributed by atoms with Crippen molar-refractivity contribution in [3.63, 3.8) is 0 Å². The number of benzene rings is 1. The van der Waals surface area contributed by atoms with Gasteiger partial charge in [0.25, 0.3) is 0 Å². The molecule has 0 atom stereocenters. The summed E-state index contributed by atoms with van der Waals surface area (Å²) in [5.41, 5.74) is 0.315. The van der Waals surface area contributed by atoms with Crippen LogP contribution in [0.3, 0.4) is 0 Å². The van der Waals surface area contributed by atoms with E-state index >= 15 is 0 Å². The van der Waals surface area contributed by atoms with Crippen LogP contribution in [0.25, 0.3) is 0 Å². The molecule has 25 heavy (non-hydrogen) atoms. The summed E-state index contributed by atoms with van der Waals surface area (Å²) >= 11 is 0. The van der Waals surface area contributed by atoms with Crippen molar-refractivity contribution < 1.29 is 28.6 Å². The van der Waals surface area contributed by atoms with Gasteiger partial charge in [-0.3, -0.25) is 4.79 Å². The van der Waals surface area contributed by atoms with Crippen molar-refractivity contribution >= 4 is 17.6 Å². The van der Waals surface area contributed by atoms with Gasteiger partial charge in [0.05, 0.1) is 18.9 Å². The Balaban J connectivity index is 2.04. The van der Waals surface area contributed by atoms with Crippen molar-refractivity contribution in [2.75, 3.05) is 18.5 Å². The smallest absolute Gasteiger partial charge is 0.358 e. The lowest BCUT2D eigenvalue weighted by Gasteiger charge is -2.13. The molecule has 0 bridgehead atoms. The van der Waals surface area contributed by atoms with Crippen LogP contribution in [0.2, 0.25) is 0 Å². The lowest BCUT2D eigenvalue weighted by Crippen LogP contribution is -2.14. The zero-order valence-electron chi connectivity index (χ0n) is 14.1. The van der Waals surface area contributed by atoms with Crippen molar-refractivity contribution in [1.29, 1.82) is 0 Å². The Morgan fingerprint density at radius 2 is 2.00 bits per heavy atom. The molecule has 0 unspecified atom stereocenters. The molecule has 2 N–H and O–H groups in total. The molecule has 1 heterocycles. The van der Waals surface area contributed by atoms with Crippen molar-refractivity contribution in [3.8, 4) is 11.5 Å². The number of nitrogens with one attached hydrogen (secondary N) is 1. The maximum atomic E-state index is 12.2. The molecule has 8 heteroatoms. The molecule has 8 nitrogen and oxygen atoms in total. The van der Waals surface area contributed by atoms with Crippen LogP contribution in [-0.2, 0) is 11.2 Å². The minimum atomic E-state index is -1.19. The highest BCUT2D eigenvalue weighted by molar-refractivity contribution is 5.93. The number of hydrogen-bond acceptors (Lipinski definition) is 6. The number of carboxylic acids is 1. The van der Waals surface area contributed by atoms with Crippen molar-refractivity contribution in [2.24, 2.45) is 0 Å². The van der Waals surface area contributed by atoms with Crippen LogP contribution in [0, 0.1) is 0 Å². The maximum Gasteiger partial charge on any atom is 0.358 e. The summed E-state index contributed by atoms with van der Waals surface area (Å²) in [6, 6.07) is 5.17. The van der Waals surface area contributed by atoms with Crippen LogP contribution in [0.15, 0.2) is 29.0 Å². The number of oxazole rings is 1. The van der Waals surface area contributed by atoms with Crippen molar-refractivity contribution in [3.05, 3.63) is 36.0 Å². The number of nitrogens with zero attached hydrogens (tertiary/aromatic N) is 1. The summed E-state index contributed by atoms with van der Waals surface area (Å²) in [4.78, 5) is 26.8. The van der Waals surface area contributed by atoms with Gasteiger partial charge in [-0.1, -0.05) is 0 Å². The molecular weight excluding hydrogens is 328 g/mol. The van der Waals surface area contributed by atoms with Gasteiger partial charge >= 0.3 is 5.97 Å². The van der Waals surface area contributed by atoms with E-state index in [2.05, 4.69) is 10.3 Å². The zero-order chi connectivity index (χ0) is 18.2. The van der Waals surface area contributed by atoms with E-state index in [4.69, 9.17) is 19.0 Å². The largest absolute Gasteiger partial charge is 0.494 e. The molecule has 0 aliphatic carbocycles. The summed E-state index contributed by atoms with van der Waals surface area (Å²) in [6.45, 7) is 4.67. The predicted octanol–water partition coefficient (Wildman–Crippen LogP) is 2.74. The van der Waals surface area contributed by atoms with E-state index in [1.165, 1.54) is 0 Å². The number of carbonyl (C=O) groups excluding carboxylic acids is 1. The molecule has 1 amide bonds. The van der Waals surface area contributed by atoms with Crippen molar-refractivity contribution in [1.82, 2.24) is 4.98 Å². The number of amides is 1. The third kappa shape index (κ3) is 4.97. The average molecular weight is 348 g/mol. The predicted molar refractivity (Wildman–Crippen MR) is 89.2 cm³/mol. The van der Waals surface area contributed by atoms with Crippen molar-refractivity contribution in [2.45, 2.75) is 26.7 Å². The van der Waals surface area contributed by atoms with Crippen LogP contribution >= 0.6 is 0 Å². The van der Waals surface area contributed by atoms with Gasteiger partial charge in [0.2, 0.25) is 5.91 Å². The first kappa shape index (κ1) is 18.3. The highest BCUT2D eigenvalue weighted by atomic mass is 16.5. The van der Waals surface area contributed by atoms with Gasteiger partial charge < -0.3 is 24.3 Å². The molecule has 2 aromatic rings. The van der Waals surface area contributed by atoms with E-state index in [1.54, 1.807) is 18.2 Å². The minimum Gasteiger partial charge on any atom is -0.494 e. The van der Waals surface area contributed by atoms with Crippen LogP contribution in [-0.4, -0.2) is 35.2 Å². The number of ether oxygens (including phenoxy) is 2. The SMILES string of the molecule is CCOc1ccc(OCC)c(NC(=O)CCc2ocnc2C(=O)O)c1. The molecule has 0 radical (unpaired) electrons. The second-order valence-corrected chi connectivity index (χ2v) is 5.00. The number of carboxylic acid groups (broad SMARTS) is 1. The fourth-order valence-corrected chi connectivity index (χ4v) is 2.21. The molecule has 1 aromatic heterocycles. The van der Waals surface area contributed by atoms with Gasteiger partial charge in [-0.15, -0.1) is 0 Å². The summed E-state index contributed by atoms with van der Waals surface area (Å²) in [7, 11) is 0. The van der Waals surface area contributed by atoms with E-state index in [-0.39, 0.29) is 30.2 Å². The van der Waals surface area contributed by atoms with Gasteiger partial charge in [0.1, 0.15) is 17.3 Å². The summed E-state index contributed by atoms with van der Waals surface area (Å²) < 4.78 is 15.9. The Bertz CT molecular complexity index is 740. The molecule has 134 valence electrons. The number of carbonyl (C=O) groups is 2. The van der Waals surface area contributed by atoms with E-state index in [0.717, 1.165) is 6.39 Å². The fourth-order valence-electron chi connectivity index (χ4n) is 2.21. The number of anilines is 1. The molecule has 0 fully saturated rings. The lowest BCUT2D eigenvalue weighted by atomic mass is 10.2. The zero-order valence-corrected chi connectivity index (χ0v) is 14.1. The maximum absolute atomic E-state index is 12.2. The Morgan fingerprint density at radius 1 is 1.24 bits per heavy atom. The first-order valence-electron chi connectivity index (χ1n) is 7.90. The number of aryl methyl sites for hydroxylation is 1. The molecule has 0 aliphatic heterocycles. The normalized spacial score (nSPS) is 10.3. The number of rotatable bonds is 9. The Kier molecular flexibility index (Phi) is 6.39. The first-order chi connectivity index (χ1) is 12.0. The van der Waals surface area contributed by atoms with E-state index in [1.807, 2.05) is 13.8 Å². The molecule has 0 saturated carbocycles. The third-order valence-electron chi connectivity index (χ3n) is 3.26. The van der Waals surface area contributed by atoms with Gasteiger partial charge in [-0.25, -0.2) is 9.78 Å². The quantitative estimate of drug-likeness (QED) is 0.716. The fraction of sp³-hybridized carbons (Fsp3) is 0.353. The lowest BCUT2D eigenvalue weighted by molar-refractivity contribution is -0.116. The van der Waals surface area contributed by atoms with Crippen LogP contribution in [0.1, 0.15) is 36.5 Å². The van der Waals surface area contributed by atoms with Gasteiger partial charge in [0, 0.05) is 18.9 Å². The highest BCUT2D eigenvalue weighted by Gasteiger charge is 2.17. The molecule has 0 aliphatic rings. The van der Waals surface area contributed by atoms with E-state index in [0.29, 0.717) is 30.4 Å². The number of aromatic carboxylic acids is 1. The van der Waals surface area contributed by atoms with Gasteiger partial charge in [0.15, 0.2) is 12.1 Å². The highest BCUT2D eigenvalue weighted by Crippen LogP contribution is 2.29. The molecule has 1 aromatic carbocycles. The second-order valence-electron chi connectivity index (χ2n) is 5.00. The summed E-state index contributed by atoms with van der Waals surface area (Å²) in [5, 5.41) is 11.7. The first-order valence-corrected chi connectivity index (χ1v) is 7.90. The monoisotopic (exact) mass is 348 g/mol. The van der Waals surface area contributed by atoms with Crippen LogP contribution in [0.4, 0.5) is 5.69 Å². The molecular formula is C17H20N2O6. The second kappa shape index (κ2) is 8.72. The Morgan fingerprint density at radius 3 is 2.68 bits per heavy atom. The van der Waals surface area contributed by atoms with Crippen LogP contribution < -0.4 is 14.8 Å². The Hall–Kier alpha value is -3.03. The molecule has 0 spiro atoms. The van der Waals surface area contributed by atoms with Crippen LogP contribution in [0.5, 0.6) is 11.5 Å². The summed E-state index contributed by atoms with van der Waals surface area (Å²) in [5.74, 6) is -0.180.